The Balaban J connectivity index is 0.000000246. The van der Waals surface area contributed by atoms with Crippen LogP contribution in [0.3, 0.4) is 0 Å². The quantitative estimate of drug-likeness (QED) is 0.109. The minimum atomic E-state index is -3.57. The van der Waals surface area contributed by atoms with E-state index in [1.165, 1.54) is 25.7 Å². The molecule has 1 N–H and O–H groups in total. The van der Waals surface area contributed by atoms with E-state index in [0.717, 1.165) is 71.5 Å². The Bertz CT molecular complexity index is 2410. The van der Waals surface area contributed by atoms with Crippen LogP contribution in [-0.2, 0) is 20.0 Å². The molecule has 0 spiro atoms. The first-order chi connectivity index (χ1) is 28.3. The van der Waals surface area contributed by atoms with Crippen molar-refractivity contribution in [3.8, 4) is 11.1 Å². The molecule has 0 atom stereocenters. The Labute approximate surface area is 363 Å². The molecule has 0 amide bonds. The van der Waals surface area contributed by atoms with E-state index in [9.17, 15) is 16.8 Å². The highest BCUT2D eigenvalue weighted by molar-refractivity contribution is 9.10. The van der Waals surface area contributed by atoms with E-state index in [1.54, 1.807) is 57.1 Å². The van der Waals surface area contributed by atoms with Crippen LogP contribution in [-0.4, -0.2) is 116 Å². The normalized spacial score (nSPS) is 15.3. The minimum Gasteiger partial charge on any atom is -0.323 e. The summed E-state index contributed by atoms with van der Waals surface area (Å²) in [6, 6.07) is 23.4. The van der Waals surface area contributed by atoms with Crippen molar-refractivity contribution in [2.24, 2.45) is 0 Å². The van der Waals surface area contributed by atoms with E-state index in [-0.39, 0.29) is 4.90 Å². The molecule has 0 radical (unpaired) electrons. The summed E-state index contributed by atoms with van der Waals surface area (Å²) < 4.78 is 55.6. The minimum absolute atomic E-state index is 0.270. The van der Waals surface area contributed by atoms with Gasteiger partial charge in [0.1, 0.15) is 5.52 Å². The van der Waals surface area contributed by atoms with Crippen molar-refractivity contribution in [2.75, 3.05) is 70.8 Å². The van der Waals surface area contributed by atoms with Gasteiger partial charge in [0.2, 0.25) is 26.0 Å². The Kier molecular flexibility index (Phi) is 15.5. The average Bonchev–Trinajstić information content (AvgIpc) is 3.95. The molecule has 0 saturated carbocycles. The molecule has 0 bridgehead atoms. The van der Waals surface area contributed by atoms with Crippen LogP contribution < -0.4 is 5.32 Å². The molecule has 0 aliphatic carbocycles. The van der Waals surface area contributed by atoms with E-state index in [2.05, 4.69) is 52.3 Å². The van der Waals surface area contributed by atoms with Gasteiger partial charge >= 0.3 is 0 Å². The number of benzene rings is 4. The molecule has 4 aromatic carbocycles. The zero-order valence-corrected chi connectivity index (χ0v) is 38.2. The van der Waals surface area contributed by atoms with Crippen LogP contribution in [0.1, 0.15) is 50.7 Å². The van der Waals surface area contributed by atoms with Crippen molar-refractivity contribution in [1.29, 1.82) is 0 Å². The standard InChI is InChI=1S/C29H33ClN6O2S.C14H21BrN2O2S/c1-4-36(16-15-35-13-5-6-14-35)39(37,38)24-10-8-23(9-11-24)31-29-32-28-21(3)18-22(19-27(28)33-34-29)25-17-20(2)7-12-26(25)30;1-2-17(12-11-16-9-3-4-10-16)20(18,19)14-7-5-13(15)6-8-14/h7-12,17-19H,4-6,13-16H2,1-3H3,(H,31,32,34);5-8H,2-4,9-12H2,1H3. The smallest absolute Gasteiger partial charge is 0.247 e. The molecular weight excluding hydrogens is 872 g/mol. The lowest BCUT2D eigenvalue weighted by Gasteiger charge is -2.23. The molecule has 3 heterocycles. The Morgan fingerprint density at radius 2 is 1.24 bits per heavy atom. The number of anilines is 2. The molecule has 2 aliphatic heterocycles. The second-order valence-corrected chi connectivity index (χ2v) is 20.2. The summed E-state index contributed by atoms with van der Waals surface area (Å²) in [5, 5.41) is 12.5. The monoisotopic (exact) mass is 924 g/mol. The van der Waals surface area contributed by atoms with Crippen LogP contribution in [0.15, 0.2) is 93.1 Å². The van der Waals surface area contributed by atoms with Crippen molar-refractivity contribution in [3.05, 3.63) is 99.5 Å². The third-order valence-corrected chi connectivity index (χ3v) is 15.7. The highest BCUT2D eigenvalue weighted by Crippen LogP contribution is 2.32. The number of sulfonamides is 2. The van der Waals surface area contributed by atoms with Gasteiger partial charge in [0.25, 0.3) is 0 Å². The zero-order valence-electron chi connectivity index (χ0n) is 34.2. The van der Waals surface area contributed by atoms with Gasteiger partial charge in [0.05, 0.1) is 15.3 Å². The van der Waals surface area contributed by atoms with Crippen molar-refractivity contribution >= 4 is 70.2 Å². The topological polar surface area (TPSA) is 132 Å². The summed E-state index contributed by atoms with van der Waals surface area (Å²) in [6.07, 6.45) is 4.83. The third kappa shape index (κ3) is 11.4. The number of hydrogen-bond donors (Lipinski definition) is 1. The van der Waals surface area contributed by atoms with Gasteiger partial charge in [-0.15, -0.1) is 10.2 Å². The van der Waals surface area contributed by atoms with Crippen molar-refractivity contribution in [2.45, 2.75) is 63.2 Å². The molecule has 7 rings (SSSR count). The average molecular weight is 926 g/mol. The molecule has 12 nitrogen and oxygen atoms in total. The van der Waals surface area contributed by atoms with Crippen LogP contribution in [0.25, 0.3) is 22.2 Å². The molecule has 316 valence electrons. The Morgan fingerprint density at radius 1 is 0.712 bits per heavy atom. The van der Waals surface area contributed by atoms with Crippen molar-refractivity contribution in [3.63, 3.8) is 0 Å². The number of aryl methyl sites for hydroxylation is 2. The first-order valence-corrected chi connectivity index (χ1v) is 24.3. The maximum atomic E-state index is 13.2. The first-order valence-electron chi connectivity index (χ1n) is 20.3. The van der Waals surface area contributed by atoms with Crippen LogP contribution in [0.2, 0.25) is 5.02 Å². The SMILES string of the molecule is CCN(CCN1CCCC1)S(=O)(=O)c1ccc(Br)cc1.CCN(CCN1CCCC1)S(=O)(=O)c1ccc(Nc2nnc3cc(-c4cc(C)ccc4Cl)cc(C)c3n2)cc1. The third-order valence-electron chi connectivity index (χ3n) is 10.8. The predicted octanol–water partition coefficient (Wildman–Crippen LogP) is 8.37. The lowest BCUT2D eigenvalue weighted by Crippen LogP contribution is -2.37. The van der Waals surface area contributed by atoms with Gasteiger partial charge in [-0.3, -0.25) is 0 Å². The number of nitrogens with zero attached hydrogens (tertiary/aromatic N) is 7. The van der Waals surface area contributed by atoms with Gasteiger partial charge in [-0.25, -0.2) is 21.8 Å². The van der Waals surface area contributed by atoms with E-state index < -0.39 is 20.0 Å². The van der Waals surface area contributed by atoms with Gasteiger partial charge in [-0.05, 0) is 150 Å². The van der Waals surface area contributed by atoms with Gasteiger partial charge in [0, 0.05) is 60.0 Å². The maximum absolute atomic E-state index is 13.2. The largest absolute Gasteiger partial charge is 0.323 e. The molecular formula is C43H54BrClN8O4S2. The van der Waals surface area contributed by atoms with Gasteiger partial charge in [-0.2, -0.15) is 8.61 Å². The van der Waals surface area contributed by atoms with E-state index in [0.29, 0.717) is 53.2 Å². The van der Waals surface area contributed by atoms with Gasteiger partial charge in [-0.1, -0.05) is 53.0 Å². The summed E-state index contributed by atoms with van der Waals surface area (Å²) >= 11 is 9.78. The van der Waals surface area contributed by atoms with Crippen LogP contribution in [0.4, 0.5) is 11.6 Å². The molecule has 2 aliphatic rings. The lowest BCUT2D eigenvalue weighted by atomic mass is 10.0. The van der Waals surface area contributed by atoms with Gasteiger partial charge < -0.3 is 15.1 Å². The molecule has 59 heavy (non-hydrogen) atoms. The zero-order chi connectivity index (χ0) is 42.2. The summed E-state index contributed by atoms with van der Waals surface area (Å²) in [5.74, 6) is 0.336. The fourth-order valence-corrected chi connectivity index (χ4v) is 10.8. The number of nitrogens with one attached hydrogen (secondary N) is 1. The molecule has 1 aromatic heterocycles. The van der Waals surface area contributed by atoms with E-state index >= 15 is 0 Å². The number of likely N-dealkylation sites (N-methyl/N-ethyl adjacent to an activating group) is 2. The lowest BCUT2D eigenvalue weighted by molar-refractivity contribution is 0.299. The Hall–Kier alpha value is -3.54. The molecule has 16 heteroatoms. The van der Waals surface area contributed by atoms with E-state index in [1.807, 2.05) is 52.0 Å². The maximum Gasteiger partial charge on any atom is 0.247 e. The summed E-state index contributed by atoms with van der Waals surface area (Å²) in [5.41, 5.74) is 6.06. The number of aromatic nitrogens is 3. The van der Waals surface area contributed by atoms with Crippen LogP contribution in [0, 0.1) is 13.8 Å². The summed E-state index contributed by atoms with van der Waals surface area (Å²) in [4.78, 5) is 9.96. The number of likely N-dealkylation sites (tertiary alicyclic amines) is 2. The number of fused-ring (bicyclic) bond motifs is 1. The van der Waals surface area contributed by atoms with Crippen LogP contribution >= 0.6 is 27.5 Å². The van der Waals surface area contributed by atoms with Gasteiger partial charge in [0.15, 0.2) is 0 Å². The Morgan fingerprint density at radius 3 is 1.76 bits per heavy atom. The molecule has 0 unspecified atom stereocenters. The number of hydrogen-bond acceptors (Lipinski definition) is 10. The molecule has 5 aromatic rings. The van der Waals surface area contributed by atoms with Crippen molar-refractivity contribution in [1.82, 2.24) is 33.6 Å². The number of rotatable bonds is 15. The second-order valence-electron chi connectivity index (χ2n) is 15.0. The van der Waals surface area contributed by atoms with Crippen LogP contribution in [0.5, 0.6) is 0 Å². The predicted molar refractivity (Wildman–Crippen MR) is 241 cm³/mol. The van der Waals surface area contributed by atoms with E-state index in [4.69, 9.17) is 11.6 Å². The highest BCUT2D eigenvalue weighted by atomic mass is 79.9. The first kappa shape index (κ1) is 45.0. The number of halogens is 2. The fourth-order valence-electron chi connectivity index (χ4n) is 7.44. The fraction of sp³-hybridized carbons (Fsp3) is 0.419. The summed E-state index contributed by atoms with van der Waals surface area (Å²) in [7, 11) is -6.95. The second kappa shape index (κ2) is 20.3. The molecule has 2 saturated heterocycles. The molecule has 2 fully saturated rings. The highest BCUT2D eigenvalue weighted by Gasteiger charge is 2.25. The summed E-state index contributed by atoms with van der Waals surface area (Å²) in [6.45, 7) is 15.6. The van der Waals surface area contributed by atoms with Crippen molar-refractivity contribution < 1.29 is 16.8 Å².